The van der Waals surface area contributed by atoms with Gasteiger partial charge in [-0.2, -0.15) is 0 Å². The molecule has 4 aliphatic carbocycles. The Bertz CT molecular complexity index is 682. The number of hydrogen-bond donors (Lipinski definition) is 2. The molecule has 2 unspecified atom stereocenters. The third-order valence-electron chi connectivity index (χ3n) is 8.27. The summed E-state index contributed by atoms with van der Waals surface area (Å²) in [5.41, 5.74) is 0.140. The van der Waals surface area contributed by atoms with Crippen LogP contribution in [0.15, 0.2) is 11.6 Å². The van der Waals surface area contributed by atoms with Crippen LogP contribution in [0.25, 0.3) is 0 Å². The molecule has 2 N–H and O–H groups in total. The zero-order valence-electron chi connectivity index (χ0n) is 15.3. The van der Waals surface area contributed by atoms with Crippen LogP contribution in [0.1, 0.15) is 51.9 Å². The lowest BCUT2D eigenvalue weighted by Gasteiger charge is -2.59. The van der Waals surface area contributed by atoms with Gasteiger partial charge in [-0.25, -0.2) is 0 Å². The van der Waals surface area contributed by atoms with E-state index in [1.165, 1.54) is 0 Å². The van der Waals surface area contributed by atoms with Crippen molar-refractivity contribution in [2.45, 2.75) is 58.0 Å². The van der Waals surface area contributed by atoms with Crippen LogP contribution in [0.3, 0.4) is 0 Å². The molecule has 3 saturated carbocycles. The predicted molar refractivity (Wildman–Crippen MR) is 94.1 cm³/mol. The first kappa shape index (κ1) is 18.1. The molecule has 0 saturated heterocycles. The minimum absolute atomic E-state index is 0.0386. The van der Waals surface area contributed by atoms with E-state index in [9.17, 15) is 24.6 Å². The van der Waals surface area contributed by atoms with Crippen molar-refractivity contribution in [1.29, 1.82) is 0 Å². The fraction of sp³-hybridized carbons (Fsp3) is 0.762. The number of fused-ring (bicyclic) bond motifs is 5. The molecular weight excluding hydrogens is 332 g/mol. The summed E-state index contributed by atoms with van der Waals surface area (Å²) in [6.07, 6.45) is 6.75. The Morgan fingerprint density at radius 1 is 1.31 bits per heavy atom. The normalized spacial score (nSPS) is 47.4. The van der Waals surface area contributed by atoms with Crippen molar-refractivity contribution < 1.29 is 24.6 Å². The van der Waals surface area contributed by atoms with E-state index in [1.807, 2.05) is 0 Å². The summed E-state index contributed by atoms with van der Waals surface area (Å²) in [7, 11) is 0. The summed E-state index contributed by atoms with van der Waals surface area (Å²) in [5.74, 6) is -0.241. The molecule has 4 aliphatic rings. The van der Waals surface area contributed by atoms with Crippen LogP contribution in [-0.2, 0) is 14.4 Å². The molecule has 3 fully saturated rings. The Hall–Kier alpha value is -1.33. The van der Waals surface area contributed by atoms with Crippen LogP contribution >= 0.6 is 0 Å². The molecule has 4 rings (SSSR count). The minimum atomic E-state index is -0.831. The molecule has 0 heterocycles. The van der Waals surface area contributed by atoms with Crippen LogP contribution in [0.4, 0.5) is 0 Å². The van der Waals surface area contributed by atoms with Gasteiger partial charge in [0.1, 0.15) is 12.9 Å². The summed E-state index contributed by atoms with van der Waals surface area (Å²) in [6.45, 7) is 1.63. The zero-order valence-corrected chi connectivity index (χ0v) is 15.3. The average molecular weight is 360 g/mol. The van der Waals surface area contributed by atoms with Gasteiger partial charge in [-0.05, 0) is 67.8 Å². The van der Waals surface area contributed by atoms with Crippen molar-refractivity contribution in [3.05, 3.63) is 11.6 Å². The molecule has 26 heavy (non-hydrogen) atoms. The van der Waals surface area contributed by atoms with E-state index in [0.717, 1.165) is 37.5 Å². The number of carbonyl (C=O) groups is 3. The van der Waals surface area contributed by atoms with Gasteiger partial charge in [0, 0.05) is 17.8 Å². The standard InChI is InChI=1S/C21H28O5/c1-20-7-6-13(24)8-12(20)2-3-14-15-4-5-16(18(26)10-22)21(15,11-23)9-17(25)19(14)20/h8,11,14-17,19,22,25H,2-7,9-10H2,1H3/t14?,15-,16?,17-,19+,20-,21+/m0/s1. The number of aliphatic hydroxyl groups excluding tert-OH is 2. The molecule has 0 radical (unpaired) electrons. The molecule has 0 aromatic carbocycles. The fourth-order valence-electron chi connectivity index (χ4n) is 7.18. The average Bonchev–Trinajstić information content (AvgIpc) is 3.00. The molecule has 0 amide bonds. The maximum atomic E-state index is 12.3. The number of rotatable bonds is 3. The van der Waals surface area contributed by atoms with Gasteiger partial charge < -0.3 is 15.0 Å². The molecule has 5 nitrogen and oxygen atoms in total. The summed E-state index contributed by atoms with van der Waals surface area (Å²) < 4.78 is 0. The molecular formula is C21H28O5. The topological polar surface area (TPSA) is 91.7 Å². The van der Waals surface area contributed by atoms with E-state index in [0.29, 0.717) is 19.3 Å². The zero-order chi connectivity index (χ0) is 18.7. The Kier molecular flexibility index (Phi) is 4.23. The summed E-state index contributed by atoms with van der Waals surface area (Å²) in [5, 5.41) is 20.5. The van der Waals surface area contributed by atoms with Gasteiger partial charge in [0.15, 0.2) is 11.6 Å². The Labute approximate surface area is 153 Å². The molecule has 0 aliphatic heterocycles. The van der Waals surface area contributed by atoms with E-state index in [1.54, 1.807) is 6.08 Å². The quantitative estimate of drug-likeness (QED) is 0.750. The van der Waals surface area contributed by atoms with Gasteiger partial charge in [0.25, 0.3) is 0 Å². The van der Waals surface area contributed by atoms with Gasteiger partial charge in [0.2, 0.25) is 0 Å². The highest BCUT2D eigenvalue weighted by Crippen LogP contribution is 2.66. The monoisotopic (exact) mass is 360 g/mol. The number of Topliss-reactive ketones (excluding diaryl/α,β-unsaturated/α-hetero) is 1. The van der Waals surface area contributed by atoms with Crippen LogP contribution in [0, 0.1) is 34.5 Å². The van der Waals surface area contributed by atoms with Crippen LogP contribution in [0.2, 0.25) is 0 Å². The van der Waals surface area contributed by atoms with Crippen molar-refractivity contribution in [2.75, 3.05) is 6.61 Å². The summed E-state index contributed by atoms with van der Waals surface area (Å²) in [4.78, 5) is 36.4. The van der Waals surface area contributed by atoms with Crippen molar-refractivity contribution in [1.82, 2.24) is 0 Å². The number of allylic oxidation sites excluding steroid dienone is 1. The Morgan fingerprint density at radius 3 is 2.77 bits per heavy atom. The maximum Gasteiger partial charge on any atom is 0.162 e. The van der Waals surface area contributed by atoms with E-state index in [2.05, 4.69) is 6.92 Å². The van der Waals surface area contributed by atoms with E-state index < -0.39 is 24.0 Å². The lowest BCUT2D eigenvalue weighted by molar-refractivity contribution is -0.157. The smallest absolute Gasteiger partial charge is 0.162 e. The third-order valence-corrected chi connectivity index (χ3v) is 8.27. The largest absolute Gasteiger partial charge is 0.393 e. The van der Waals surface area contributed by atoms with E-state index in [4.69, 9.17) is 0 Å². The van der Waals surface area contributed by atoms with Gasteiger partial charge in [-0.3, -0.25) is 9.59 Å². The predicted octanol–water partition coefficient (Wildman–Crippen LogP) is 1.85. The Morgan fingerprint density at radius 2 is 2.08 bits per heavy atom. The first-order chi connectivity index (χ1) is 12.4. The van der Waals surface area contributed by atoms with Crippen LogP contribution < -0.4 is 0 Å². The number of ketones is 2. The highest BCUT2D eigenvalue weighted by atomic mass is 16.3. The lowest BCUT2D eigenvalue weighted by atomic mass is 9.45. The second kappa shape index (κ2) is 6.10. The number of carbonyl (C=O) groups excluding carboxylic acids is 3. The van der Waals surface area contributed by atoms with Crippen molar-refractivity contribution in [2.24, 2.45) is 34.5 Å². The first-order valence-electron chi connectivity index (χ1n) is 9.89. The molecule has 0 aromatic rings. The molecule has 5 heteroatoms. The highest BCUT2D eigenvalue weighted by Gasteiger charge is 2.64. The SMILES string of the molecule is C[C@]12CCC(=O)C=C1CCC1[C@@H]2[C@@H](O)C[C@]2(C=O)C(C(=O)CO)CC[C@@H]12. The molecule has 142 valence electrons. The molecule has 0 spiro atoms. The van der Waals surface area contributed by atoms with Crippen LogP contribution in [0.5, 0.6) is 0 Å². The second-order valence-corrected chi connectivity index (χ2v) is 9.14. The van der Waals surface area contributed by atoms with Gasteiger partial charge in [-0.15, -0.1) is 0 Å². The number of hydrogen-bond acceptors (Lipinski definition) is 5. The van der Waals surface area contributed by atoms with Crippen molar-refractivity contribution in [3.63, 3.8) is 0 Å². The molecule has 7 atom stereocenters. The summed E-state index contributed by atoms with van der Waals surface area (Å²) in [6, 6.07) is 0. The van der Waals surface area contributed by atoms with Crippen molar-refractivity contribution in [3.8, 4) is 0 Å². The van der Waals surface area contributed by atoms with Gasteiger partial charge >= 0.3 is 0 Å². The maximum absolute atomic E-state index is 12.3. The minimum Gasteiger partial charge on any atom is -0.393 e. The highest BCUT2D eigenvalue weighted by molar-refractivity contribution is 5.91. The van der Waals surface area contributed by atoms with E-state index in [-0.39, 0.29) is 34.7 Å². The van der Waals surface area contributed by atoms with E-state index >= 15 is 0 Å². The lowest BCUT2D eigenvalue weighted by Crippen LogP contribution is -2.58. The van der Waals surface area contributed by atoms with Gasteiger partial charge in [0.05, 0.1) is 6.10 Å². The third kappa shape index (κ3) is 2.26. The molecule has 0 aromatic heterocycles. The van der Waals surface area contributed by atoms with Crippen LogP contribution in [-0.4, -0.2) is 40.8 Å². The number of aliphatic hydroxyl groups is 2. The number of aldehydes is 1. The van der Waals surface area contributed by atoms with Crippen molar-refractivity contribution >= 4 is 17.9 Å². The van der Waals surface area contributed by atoms with Gasteiger partial charge in [-0.1, -0.05) is 12.5 Å². The Balaban J connectivity index is 1.74. The fourth-order valence-corrected chi connectivity index (χ4v) is 7.18. The molecule has 0 bridgehead atoms. The summed E-state index contributed by atoms with van der Waals surface area (Å²) >= 11 is 0. The first-order valence-corrected chi connectivity index (χ1v) is 9.89. The second-order valence-electron chi connectivity index (χ2n) is 9.14.